The summed E-state index contributed by atoms with van der Waals surface area (Å²) in [6.07, 6.45) is 1.44. The molecule has 15 heavy (non-hydrogen) atoms. The van der Waals surface area contributed by atoms with Crippen LogP contribution in [0, 0.1) is 11.3 Å². The number of benzene rings is 1. The van der Waals surface area contributed by atoms with E-state index in [0.717, 1.165) is 5.56 Å². The van der Waals surface area contributed by atoms with Gasteiger partial charge in [-0.2, -0.15) is 10.3 Å². The molecule has 0 saturated carbocycles. The maximum Gasteiger partial charge on any atom is 0.240 e. The van der Waals surface area contributed by atoms with E-state index >= 15 is 0 Å². The molecular formula is C12H12N2O. The summed E-state index contributed by atoms with van der Waals surface area (Å²) in [4.78, 5) is 13.6. The van der Waals surface area contributed by atoms with E-state index in [2.05, 4.69) is 25.8 Å². The molecule has 0 aromatic heterocycles. The largest absolute Gasteiger partial charge is 0.240 e. The van der Waals surface area contributed by atoms with Crippen LogP contribution < -0.4 is 0 Å². The van der Waals surface area contributed by atoms with Gasteiger partial charge in [-0.05, 0) is 23.1 Å². The van der Waals surface area contributed by atoms with Gasteiger partial charge in [-0.3, -0.25) is 0 Å². The highest BCUT2D eigenvalue weighted by Crippen LogP contribution is 2.27. The van der Waals surface area contributed by atoms with Crippen LogP contribution in [0.5, 0.6) is 0 Å². The number of carbonyl (C=O) groups excluding carboxylic acids is 1. The van der Waals surface area contributed by atoms with Crippen LogP contribution in [0.3, 0.4) is 0 Å². The van der Waals surface area contributed by atoms with E-state index in [0.29, 0.717) is 11.3 Å². The summed E-state index contributed by atoms with van der Waals surface area (Å²) in [5, 5.41) is 8.90. The fraction of sp³-hybridized carbons (Fsp3) is 0.333. The fourth-order valence-corrected chi connectivity index (χ4v) is 1.24. The molecule has 3 nitrogen and oxygen atoms in total. The molecule has 0 unspecified atom stereocenters. The minimum absolute atomic E-state index is 0.0188. The molecule has 0 N–H and O–H groups in total. The van der Waals surface area contributed by atoms with Gasteiger partial charge in [0.05, 0.1) is 11.3 Å². The number of nitriles is 1. The molecule has 1 aromatic carbocycles. The van der Waals surface area contributed by atoms with Gasteiger partial charge < -0.3 is 0 Å². The molecule has 0 fully saturated rings. The monoisotopic (exact) mass is 200 g/mol. The molecule has 1 rings (SSSR count). The van der Waals surface area contributed by atoms with E-state index in [1.54, 1.807) is 12.1 Å². The van der Waals surface area contributed by atoms with Crippen molar-refractivity contribution in [3.63, 3.8) is 0 Å². The Balaban J connectivity index is 3.33. The summed E-state index contributed by atoms with van der Waals surface area (Å²) < 4.78 is 0. The van der Waals surface area contributed by atoms with Gasteiger partial charge in [-0.15, -0.1) is 0 Å². The van der Waals surface area contributed by atoms with Gasteiger partial charge in [-0.1, -0.05) is 26.8 Å². The van der Waals surface area contributed by atoms with E-state index in [4.69, 9.17) is 5.26 Å². The van der Waals surface area contributed by atoms with E-state index in [9.17, 15) is 4.79 Å². The minimum atomic E-state index is -0.0188. The Kier molecular flexibility index (Phi) is 3.04. The number of hydrogen-bond acceptors (Lipinski definition) is 3. The third-order valence-corrected chi connectivity index (χ3v) is 2.15. The zero-order valence-corrected chi connectivity index (χ0v) is 9.03. The Labute approximate surface area is 89.1 Å². The second-order valence-corrected chi connectivity index (χ2v) is 4.30. The van der Waals surface area contributed by atoms with Crippen LogP contribution in [0.4, 0.5) is 5.69 Å². The highest BCUT2D eigenvalue weighted by molar-refractivity contribution is 5.59. The van der Waals surface area contributed by atoms with Gasteiger partial charge in [0.25, 0.3) is 0 Å². The van der Waals surface area contributed by atoms with Crippen LogP contribution in [0.25, 0.3) is 0 Å². The molecule has 0 aliphatic carbocycles. The molecule has 0 aliphatic rings. The van der Waals surface area contributed by atoms with E-state index in [-0.39, 0.29) is 5.41 Å². The summed E-state index contributed by atoms with van der Waals surface area (Å²) in [6.45, 7) is 6.18. The molecule has 1 aromatic rings. The van der Waals surface area contributed by atoms with Crippen molar-refractivity contribution in [1.82, 2.24) is 0 Å². The van der Waals surface area contributed by atoms with E-state index < -0.39 is 0 Å². The average molecular weight is 200 g/mol. The van der Waals surface area contributed by atoms with Gasteiger partial charge >= 0.3 is 0 Å². The standard InChI is InChI=1S/C12H12N2O/c1-12(2,3)10-4-5-11(14-8-15)9(6-10)7-13/h4-6H,1-3H3. The summed E-state index contributed by atoms with van der Waals surface area (Å²) >= 11 is 0. The molecular weight excluding hydrogens is 188 g/mol. The van der Waals surface area contributed by atoms with E-state index in [1.165, 1.54) is 6.08 Å². The Morgan fingerprint density at radius 1 is 1.33 bits per heavy atom. The number of nitrogens with zero attached hydrogens (tertiary/aromatic N) is 2. The van der Waals surface area contributed by atoms with Crippen molar-refractivity contribution in [3.05, 3.63) is 29.3 Å². The molecule has 0 heterocycles. The number of rotatable bonds is 1. The highest BCUT2D eigenvalue weighted by atomic mass is 16.1. The van der Waals surface area contributed by atoms with E-state index in [1.807, 2.05) is 12.1 Å². The highest BCUT2D eigenvalue weighted by Gasteiger charge is 2.15. The van der Waals surface area contributed by atoms with Crippen LogP contribution in [0.2, 0.25) is 0 Å². The predicted molar refractivity (Wildman–Crippen MR) is 57.6 cm³/mol. The van der Waals surface area contributed by atoms with Gasteiger partial charge in [-0.25, -0.2) is 4.79 Å². The maximum atomic E-state index is 10.1. The van der Waals surface area contributed by atoms with Gasteiger partial charge in [0.15, 0.2) is 0 Å². The molecule has 76 valence electrons. The van der Waals surface area contributed by atoms with Crippen molar-refractivity contribution in [3.8, 4) is 6.07 Å². The van der Waals surface area contributed by atoms with Crippen LogP contribution in [-0.2, 0) is 10.2 Å². The van der Waals surface area contributed by atoms with Crippen LogP contribution in [0.15, 0.2) is 23.2 Å². The van der Waals surface area contributed by atoms with Crippen molar-refractivity contribution >= 4 is 11.8 Å². The lowest BCUT2D eigenvalue weighted by molar-refractivity contribution is 0.565. The molecule has 0 amide bonds. The van der Waals surface area contributed by atoms with Crippen molar-refractivity contribution in [2.75, 3.05) is 0 Å². The van der Waals surface area contributed by atoms with Gasteiger partial charge in [0, 0.05) is 0 Å². The molecule has 0 saturated heterocycles. The van der Waals surface area contributed by atoms with Crippen LogP contribution in [-0.4, -0.2) is 6.08 Å². The molecule has 0 atom stereocenters. The minimum Gasteiger partial charge on any atom is -0.211 e. The summed E-state index contributed by atoms with van der Waals surface area (Å²) in [5.41, 5.74) is 1.81. The maximum absolute atomic E-state index is 10.1. The van der Waals surface area contributed by atoms with Crippen LogP contribution in [0.1, 0.15) is 31.9 Å². The molecule has 0 spiro atoms. The lowest BCUT2D eigenvalue weighted by Crippen LogP contribution is -2.10. The summed E-state index contributed by atoms with van der Waals surface area (Å²) in [6, 6.07) is 7.32. The summed E-state index contributed by atoms with van der Waals surface area (Å²) in [7, 11) is 0. The Hall–Kier alpha value is -1.91. The fourth-order valence-electron chi connectivity index (χ4n) is 1.24. The first-order valence-corrected chi connectivity index (χ1v) is 4.61. The molecule has 0 aliphatic heterocycles. The first kappa shape index (κ1) is 11.2. The second kappa shape index (κ2) is 4.08. The van der Waals surface area contributed by atoms with Crippen molar-refractivity contribution < 1.29 is 4.79 Å². The van der Waals surface area contributed by atoms with Gasteiger partial charge in [0.2, 0.25) is 6.08 Å². The second-order valence-electron chi connectivity index (χ2n) is 4.30. The molecule has 3 heteroatoms. The lowest BCUT2D eigenvalue weighted by atomic mass is 9.86. The smallest absolute Gasteiger partial charge is 0.211 e. The Bertz CT molecular complexity index is 457. The zero-order chi connectivity index (χ0) is 11.5. The number of isocyanates is 1. The van der Waals surface area contributed by atoms with Crippen molar-refractivity contribution in [2.24, 2.45) is 4.99 Å². The lowest BCUT2D eigenvalue weighted by Gasteiger charge is -2.19. The molecule has 0 bridgehead atoms. The number of hydrogen-bond donors (Lipinski definition) is 0. The molecule has 0 radical (unpaired) electrons. The summed E-state index contributed by atoms with van der Waals surface area (Å²) in [5.74, 6) is 0. The SMILES string of the molecule is CC(C)(C)c1ccc(N=C=O)c(C#N)c1. The van der Waals surface area contributed by atoms with Crippen molar-refractivity contribution in [1.29, 1.82) is 5.26 Å². The normalized spacial score (nSPS) is 10.3. The first-order valence-electron chi connectivity index (χ1n) is 4.61. The zero-order valence-electron chi connectivity index (χ0n) is 9.03. The average Bonchev–Trinajstić information content (AvgIpc) is 2.17. The Morgan fingerprint density at radius 2 is 2.00 bits per heavy atom. The topological polar surface area (TPSA) is 53.2 Å². The third kappa shape index (κ3) is 2.52. The van der Waals surface area contributed by atoms with Gasteiger partial charge in [0.1, 0.15) is 6.07 Å². The Morgan fingerprint density at radius 3 is 2.47 bits per heavy atom. The quantitative estimate of drug-likeness (QED) is 0.517. The predicted octanol–water partition coefficient (Wildman–Crippen LogP) is 2.82. The van der Waals surface area contributed by atoms with Crippen molar-refractivity contribution in [2.45, 2.75) is 26.2 Å². The third-order valence-electron chi connectivity index (χ3n) is 2.15. The first-order chi connectivity index (χ1) is 6.99. The number of aliphatic imine (C=N–C) groups is 1. The van der Waals surface area contributed by atoms with Crippen LogP contribution >= 0.6 is 0 Å².